The Kier molecular flexibility index (Phi) is 3.89. The van der Waals surface area contributed by atoms with Crippen LogP contribution in [0.5, 0.6) is 0 Å². The first-order valence-electron chi connectivity index (χ1n) is 5.71. The third-order valence-electron chi connectivity index (χ3n) is 2.81. The van der Waals surface area contributed by atoms with Crippen molar-refractivity contribution in [2.75, 3.05) is 29.5 Å². The molecule has 92 valence electrons. The van der Waals surface area contributed by atoms with Gasteiger partial charge in [-0.25, -0.2) is 4.79 Å². The van der Waals surface area contributed by atoms with Crippen LogP contribution in [-0.4, -0.2) is 40.7 Å². The van der Waals surface area contributed by atoms with Crippen molar-refractivity contribution in [1.82, 2.24) is 4.98 Å². The number of carboxylic acid groups (broad SMARTS) is 1. The molecule has 2 rings (SSSR count). The van der Waals surface area contributed by atoms with Crippen LogP contribution in [0.3, 0.4) is 0 Å². The number of aryl methyl sites for hydroxylation is 1. The van der Waals surface area contributed by atoms with Gasteiger partial charge in [-0.2, -0.15) is 11.8 Å². The summed E-state index contributed by atoms with van der Waals surface area (Å²) in [6.07, 6.45) is 2.57. The molecule has 0 atom stereocenters. The Morgan fingerprint density at radius 1 is 1.47 bits per heavy atom. The Morgan fingerprint density at radius 2 is 2.29 bits per heavy atom. The normalized spacial score (nSPS) is 16.6. The van der Waals surface area contributed by atoms with E-state index in [0.29, 0.717) is 5.56 Å². The fourth-order valence-electron chi connectivity index (χ4n) is 1.96. The first-order chi connectivity index (χ1) is 8.18. The van der Waals surface area contributed by atoms with E-state index in [9.17, 15) is 9.90 Å². The molecule has 4 nitrogen and oxygen atoms in total. The molecule has 0 amide bonds. The van der Waals surface area contributed by atoms with Gasteiger partial charge in [-0.05, 0) is 25.2 Å². The molecular weight excluding hydrogens is 236 g/mol. The second-order valence-corrected chi connectivity index (χ2v) is 5.33. The van der Waals surface area contributed by atoms with Gasteiger partial charge in [0.2, 0.25) is 0 Å². The van der Waals surface area contributed by atoms with Crippen molar-refractivity contribution < 1.29 is 9.90 Å². The molecule has 0 aliphatic carbocycles. The van der Waals surface area contributed by atoms with Crippen LogP contribution >= 0.6 is 11.8 Å². The highest BCUT2D eigenvalue weighted by Crippen LogP contribution is 2.23. The second kappa shape index (κ2) is 5.40. The minimum absolute atomic E-state index is 0.308. The molecule has 0 radical (unpaired) electrons. The van der Waals surface area contributed by atoms with Gasteiger partial charge in [0, 0.05) is 30.7 Å². The summed E-state index contributed by atoms with van der Waals surface area (Å²) < 4.78 is 0. The molecule has 17 heavy (non-hydrogen) atoms. The molecule has 1 N–H and O–H groups in total. The van der Waals surface area contributed by atoms with Gasteiger partial charge in [0.25, 0.3) is 0 Å². The lowest BCUT2D eigenvalue weighted by Crippen LogP contribution is -2.27. The molecule has 2 heterocycles. The molecule has 0 spiro atoms. The van der Waals surface area contributed by atoms with Gasteiger partial charge in [-0.3, -0.25) is 4.98 Å². The zero-order chi connectivity index (χ0) is 12.3. The van der Waals surface area contributed by atoms with Crippen LogP contribution in [0.15, 0.2) is 12.3 Å². The summed E-state index contributed by atoms with van der Waals surface area (Å²) in [6, 6.07) is 1.87. The Balaban J connectivity index is 2.34. The van der Waals surface area contributed by atoms with E-state index < -0.39 is 5.97 Å². The van der Waals surface area contributed by atoms with Crippen LogP contribution < -0.4 is 4.90 Å². The maximum Gasteiger partial charge on any atom is 0.339 e. The number of aromatic nitrogens is 1. The second-order valence-electron chi connectivity index (χ2n) is 4.10. The zero-order valence-electron chi connectivity index (χ0n) is 9.85. The summed E-state index contributed by atoms with van der Waals surface area (Å²) in [5.74, 6) is 1.31. The van der Waals surface area contributed by atoms with E-state index in [4.69, 9.17) is 0 Å². The number of pyridine rings is 1. The number of carboxylic acids is 1. The van der Waals surface area contributed by atoms with Gasteiger partial charge < -0.3 is 10.0 Å². The van der Waals surface area contributed by atoms with Crippen LogP contribution in [0.4, 0.5) is 5.69 Å². The lowest BCUT2D eigenvalue weighted by molar-refractivity contribution is 0.0697. The van der Waals surface area contributed by atoms with Crippen LogP contribution in [0.1, 0.15) is 22.5 Å². The summed E-state index contributed by atoms with van der Waals surface area (Å²) in [5.41, 5.74) is 1.98. The lowest BCUT2D eigenvalue weighted by Gasteiger charge is -2.24. The van der Waals surface area contributed by atoms with Gasteiger partial charge in [0.15, 0.2) is 0 Å². The Labute approximate surface area is 105 Å². The van der Waals surface area contributed by atoms with Gasteiger partial charge in [-0.15, -0.1) is 0 Å². The maximum atomic E-state index is 11.2. The van der Waals surface area contributed by atoms with Crippen molar-refractivity contribution >= 4 is 23.4 Å². The third kappa shape index (κ3) is 2.91. The van der Waals surface area contributed by atoms with Gasteiger partial charge in [0.1, 0.15) is 5.56 Å². The van der Waals surface area contributed by atoms with Crippen molar-refractivity contribution in [3.8, 4) is 0 Å². The summed E-state index contributed by atoms with van der Waals surface area (Å²) in [4.78, 5) is 17.4. The maximum absolute atomic E-state index is 11.2. The topological polar surface area (TPSA) is 53.4 Å². The lowest BCUT2D eigenvalue weighted by atomic mass is 10.2. The largest absolute Gasteiger partial charge is 0.478 e. The summed E-state index contributed by atoms with van der Waals surface area (Å²) in [5, 5.41) is 9.19. The summed E-state index contributed by atoms with van der Waals surface area (Å²) >= 11 is 1.93. The summed E-state index contributed by atoms with van der Waals surface area (Å²) in [7, 11) is 0. The van der Waals surface area contributed by atoms with Gasteiger partial charge in [0.05, 0.1) is 5.69 Å². The van der Waals surface area contributed by atoms with Gasteiger partial charge in [-0.1, -0.05) is 0 Å². The minimum Gasteiger partial charge on any atom is -0.478 e. The minimum atomic E-state index is -0.899. The van der Waals surface area contributed by atoms with Gasteiger partial charge >= 0.3 is 5.97 Å². The van der Waals surface area contributed by atoms with Crippen molar-refractivity contribution in [3.05, 3.63) is 23.5 Å². The fraction of sp³-hybridized carbons (Fsp3) is 0.500. The predicted octanol–water partition coefficient (Wildman–Crippen LogP) is 2.03. The van der Waals surface area contributed by atoms with Crippen molar-refractivity contribution in [3.63, 3.8) is 0 Å². The number of nitrogens with zero attached hydrogens (tertiary/aromatic N) is 2. The van der Waals surface area contributed by atoms with Crippen LogP contribution in [0.2, 0.25) is 0 Å². The number of thioether (sulfide) groups is 1. The van der Waals surface area contributed by atoms with Crippen molar-refractivity contribution in [2.45, 2.75) is 13.3 Å². The quantitative estimate of drug-likeness (QED) is 0.873. The SMILES string of the molecule is Cc1cc(N2CCCSCC2)c(C(=O)O)cn1. The van der Waals surface area contributed by atoms with E-state index in [-0.39, 0.29) is 0 Å². The molecule has 0 aromatic carbocycles. The molecule has 1 aromatic heterocycles. The first-order valence-corrected chi connectivity index (χ1v) is 6.86. The van der Waals surface area contributed by atoms with Crippen molar-refractivity contribution in [1.29, 1.82) is 0 Å². The Bertz CT molecular complexity index is 415. The molecule has 0 unspecified atom stereocenters. The molecule has 5 heteroatoms. The molecule has 1 saturated heterocycles. The number of anilines is 1. The molecular formula is C12H16N2O2S. The highest BCUT2D eigenvalue weighted by atomic mass is 32.2. The number of hydrogen-bond donors (Lipinski definition) is 1. The third-order valence-corrected chi connectivity index (χ3v) is 3.86. The van der Waals surface area contributed by atoms with Crippen LogP contribution in [0, 0.1) is 6.92 Å². The highest BCUT2D eigenvalue weighted by Gasteiger charge is 2.18. The molecule has 1 aliphatic rings. The highest BCUT2D eigenvalue weighted by molar-refractivity contribution is 7.99. The molecule has 1 aromatic rings. The average Bonchev–Trinajstić information content (AvgIpc) is 2.56. The molecule has 0 bridgehead atoms. The van der Waals surface area contributed by atoms with E-state index in [1.807, 2.05) is 24.8 Å². The predicted molar refractivity (Wildman–Crippen MR) is 70.1 cm³/mol. The van der Waals surface area contributed by atoms with E-state index in [2.05, 4.69) is 9.88 Å². The smallest absolute Gasteiger partial charge is 0.339 e. The van der Waals surface area contributed by atoms with E-state index in [0.717, 1.165) is 42.4 Å². The van der Waals surface area contributed by atoms with E-state index >= 15 is 0 Å². The number of hydrogen-bond acceptors (Lipinski definition) is 4. The van der Waals surface area contributed by atoms with E-state index in [1.54, 1.807) is 0 Å². The first kappa shape index (κ1) is 12.2. The van der Waals surface area contributed by atoms with Crippen LogP contribution in [-0.2, 0) is 0 Å². The molecule has 1 fully saturated rings. The number of carbonyl (C=O) groups is 1. The summed E-state index contributed by atoms with van der Waals surface area (Å²) in [6.45, 7) is 3.73. The Hall–Kier alpha value is -1.23. The molecule has 0 saturated carbocycles. The van der Waals surface area contributed by atoms with Crippen LogP contribution in [0.25, 0.3) is 0 Å². The van der Waals surface area contributed by atoms with Crippen molar-refractivity contribution in [2.24, 2.45) is 0 Å². The fourth-order valence-corrected chi connectivity index (χ4v) is 2.85. The average molecular weight is 252 g/mol. The standard InChI is InChI=1S/C12H16N2O2S/c1-9-7-11(10(8-13-9)12(15)16)14-3-2-5-17-6-4-14/h7-8H,2-6H2,1H3,(H,15,16). The number of rotatable bonds is 2. The van der Waals surface area contributed by atoms with E-state index in [1.165, 1.54) is 6.20 Å². The monoisotopic (exact) mass is 252 g/mol. The number of aromatic carboxylic acids is 1. The zero-order valence-corrected chi connectivity index (χ0v) is 10.7. The molecule has 1 aliphatic heterocycles. The Morgan fingerprint density at radius 3 is 3.06 bits per heavy atom.